The van der Waals surface area contributed by atoms with Crippen molar-refractivity contribution < 1.29 is 5.11 Å². The summed E-state index contributed by atoms with van der Waals surface area (Å²) < 4.78 is 0. The van der Waals surface area contributed by atoms with E-state index in [1.807, 2.05) is 12.1 Å². The fourth-order valence-corrected chi connectivity index (χ4v) is 4.23. The largest absolute Gasteiger partial charge is 0.387 e. The zero-order valence-electron chi connectivity index (χ0n) is 13.3. The van der Waals surface area contributed by atoms with Crippen molar-refractivity contribution in [2.75, 3.05) is 13.1 Å². The fourth-order valence-electron chi connectivity index (χ4n) is 4.23. The van der Waals surface area contributed by atoms with Crippen molar-refractivity contribution >= 4 is 0 Å². The molecule has 3 heteroatoms. The van der Waals surface area contributed by atoms with Gasteiger partial charge < -0.3 is 10.4 Å². The summed E-state index contributed by atoms with van der Waals surface area (Å²) in [6.45, 7) is 6.20. The van der Waals surface area contributed by atoms with Crippen molar-refractivity contribution in [2.45, 2.75) is 63.8 Å². The van der Waals surface area contributed by atoms with E-state index in [0.717, 1.165) is 17.6 Å². The Bertz CT molecular complexity index is 462. The first kappa shape index (κ1) is 15.0. The highest BCUT2D eigenvalue weighted by Gasteiger charge is 2.39. The van der Waals surface area contributed by atoms with Crippen molar-refractivity contribution in [1.29, 1.82) is 0 Å². The van der Waals surface area contributed by atoms with Gasteiger partial charge in [0.15, 0.2) is 0 Å². The van der Waals surface area contributed by atoms with Gasteiger partial charge in [0.05, 0.1) is 6.10 Å². The van der Waals surface area contributed by atoms with Gasteiger partial charge in [-0.05, 0) is 44.7 Å². The second kappa shape index (κ2) is 6.47. The smallest absolute Gasteiger partial charge is 0.0914 e. The molecule has 3 atom stereocenters. The second-order valence-corrected chi connectivity index (χ2v) is 6.72. The van der Waals surface area contributed by atoms with Crippen molar-refractivity contribution in [3.8, 4) is 0 Å². The fraction of sp³-hybridized carbons (Fsp3) is 0.667. The molecular formula is C18H28N2O. The van der Waals surface area contributed by atoms with E-state index in [9.17, 15) is 5.11 Å². The number of nitrogens with zero attached hydrogens (tertiary/aromatic N) is 1. The van der Waals surface area contributed by atoms with Crippen LogP contribution in [0.15, 0.2) is 24.3 Å². The minimum absolute atomic E-state index is 0.397. The first-order valence-corrected chi connectivity index (χ1v) is 8.41. The van der Waals surface area contributed by atoms with Gasteiger partial charge in [-0.25, -0.2) is 0 Å². The van der Waals surface area contributed by atoms with E-state index in [1.165, 1.54) is 37.8 Å². The Morgan fingerprint density at radius 1 is 1.29 bits per heavy atom. The molecule has 1 aromatic carbocycles. The molecule has 1 aromatic rings. The van der Waals surface area contributed by atoms with Crippen LogP contribution in [0.2, 0.25) is 0 Å². The topological polar surface area (TPSA) is 35.5 Å². The molecule has 0 radical (unpaired) electrons. The van der Waals surface area contributed by atoms with Gasteiger partial charge in [0.2, 0.25) is 0 Å². The van der Waals surface area contributed by atoms with E-state index < -0.39 is 6.10 Å². The second-order valence-electron chi connectivity index (χ2n) is 6.72. The molecule has 0 aliphatic carbocycles. The third-order valence-corrected chi connectivity index (χ3v) is 5.28. The lowest BCUT2D eigenvalue weighted by Gasteiger charge is -2.39. The van der Waals surface area contributed by atoms with Crippen molar-refractivity contribution in [1.82, 2.24) is 10.2 Å². The van der Waals surface area contributed by atoms with Gasteiger partial charge in [-0.1, -0.05) is 36.8 Å². The summed E-state index contributed by atoms with van der Waals surface area (Å²) in [7, 11) is 0. The minimum Gasteiger partial charge on any atom is -0.387 e. The third kappa shape index (κ3) is 3.31. The Labute approximate surface area is 128 Å². The summed E-state index contributed by atoms with van der Waals surface area (Å²) in [6.07, 6.45) is 4.80. The molecule has 3 unspecified atom stereocenters. The van der Waals surface area contributed by atoms with Crippen molar-refractivity contribution in [2.24, 2.45) is 0 Å². The Balaban J connectivity index is 1.52. The van der Waals surface area contributed by atoms with E-state index in [0.29, 0.717) is 12.6 Å². The van der Waals surface area contributed by atoms with Crippen LogP contribution in [0.4, 0.5) is 0 Å². The van der Waals surface area contributed by atoms with E-state index in [2.05, 4.69) is 36.2 Å². The van der Waals surface area contributed by atoms with Crippen LogP contribution in [0.3, 0.4) is 0 Å². The molecule has 2 aliphatic rings. The summed E-state index contributed by atoms with van der Waals surface area (Å²) in [6, 6.07) is 10.3. The van der Waals surface area contributed by atoms with Gasteiger partial charge in [-0.2, -0.15) is 0 Å². The maximum absolute atomic E-state index is 10.3. The minimum atomic E-state index is -0.397. The number of hydrogen-bond acceptors (Lipinski definition) is 3. The van der Waals surface area contributed by atoms with Gasteiger partial charge in [-0.3, -0.25) is 4.90 Å². The average Bonchev–Trinajstić information content (AvgIpc) is 2.74. The lowest BCUT2D eigenvalue weighted by molar-refractivity contribution is 0.111. The highest BCUT2D eigenvalue weighted by molar-refractivity contribution is 5.24. The van der Waals surface area contributed by atoms with Crippen LogP contribution >= 0.6 is 0 Å². The van der Waals surface area contributed by atoms with Gasteiger partial charge >= 0.3 is 0 Å². The summed E-state index contributed by atoms with van der Waals surface area (Å²) in [4.78, 5) is 2.68. The SMILES string of the molecule is CCN1C2CCC1CC(NCC(O)c1cccc(C)c1)C2. The summed E-state index contributed by atoms with van der Waals surface area (Å²) >= 11 is 0. The normalized spacial score (nSPS) is 30.5. The predicted octanol–water partition coefficient (Wildman–Crippen LogP) is 2.63. The van der Waals surface area contributed by atoms with Crippen LogP contribution in [0.25, 0.3) is 0 Å². The molecule has 0 spiro atoms. The Morgan fingerprint density at radius 2 is 2.00 bits per heavy atom. The number of benzene rings is 1. The highest BCUT2D eigenvalue weighted by Crippen LogP contribution is 2.35. The third-order valence-electron chi connectivity index (χ3n) is 5.28. The number of piperidine rings is 1. The molecule has 2 N–H and O–H groups in total. The zero-order valence-corrected chi connectivity index (χ0v) is 13.3. The number of aliphatic hydroxyl groups is 1. The Kier molecular flexibility index (Phi) is 4.63. The molecule has 0 amide bonds. The lowest BCUT2D eigenvalue weighted by atomic mass is 9.97. The molecule has 3 rings (SSSR count). The molecular weight excluding hydrogens is 260 g/mol. The van der Waals surface area contributed by atoms with Crippen LogP contribution in [0.1, 0.15) is 49.8 Å². The van der Waals surface area contributed by atoms with Gasteiger partial charge in [0.1, 0.15) is 0 Å². The zero-order chi connectivity index (χ0) is 14.8. The first-order valence-electron chi connectivity index (χ1n) is 8.41. The molecule has 2 bridgehead atoms. The molecule has 2 heterocycles. The van der Waals surface area contributed by atoms with Crippen LogP contribution < -0.4 is 5.32 Å². The Morgan fingerprint density at radius 3 is 2.62 bits per heavy atom. The Hall–Kier alpha value is -0.900. The number of rotatable bonds is 5. The molecule has 0 aromatic heterocycles. The molecule has 116 valence electrons. The molecule has 0 saturated carbocycles. The number of aliphatic hydroxyl groups excluding tert-OH is 1. The van der Waals surface area contributed by atoms with Crippen LogP contribution in [0, 0.1) is 6.92 Å². The van der Waals surface area contributed by atoms with E-state index in [4.69, 9.17) is 0 Å². The predicted molar refractivity (Wildman–Crippen MR) is 86.4 cm³/mol. The van der Waals surface area contributed by atoms with Gasteiger partial charge in [0, 0.05) is 24.7 Å². The molecule has 3 nitrogen and oxygen atoms in total. The van der Waals surface area contributed by atoms with E-state index in [1.54, 1.807) is 0 Å². The molecule has 2 saturated heterocycles. The maximum Gasteiger partial charge on any atom is 0.0914 e. The van der Waals surface area contributed by atoms with Crippen LogP contribution in [0.5, 0.6) is 0 Å². The molecule has 2 aliphatic heterocycles. The van der Waals surface area contributed by atoms with Gasteiger partial charge in [-0.15, -0.1) is 0 Å². The number of aryl methyl sites for hydroxylation is 1. The summed E-state index contributed by atoms with van der Waals surface area (Å²) in [5.74, 6) is 0. The van der Waals surface area contributed by atoms with Crippen LogP contribution in [-0.2, 0) is 0 Å². The van der Waals surface area contributed by atoms with E-state index >= 15 is 0 Å². The summed E-state index contributed by atoms with van der Waals surface area (Å²) in [5.41, 5.74) is 2.23. The number of fused-ring (bicyclic) bond motifs is 2. The monoisotopic (exact) mass is 288 g/mol. The lowest BCUT2D eigenvalue weighted by Crippen LogP contribution is -2.49. The quantitative estimate of drug-likeness (QED) is 0.874. The number of hydrogen-bond donors (Lipinski definition) is 2. The summed E-state index contributed by atoms with van der Waals surface area (Å²) in [5, 5.41) is 14.0. The average molecular weight is 288 g/mol. The highest BCUT2D eigenvalue weighted by atomic mass is 16.3. The maximum atomic E-state index is 10.3. The van der Waals surface area contributed by atoms with Crippen molar-refractivity contribution in [3.63, 3.8) is 0 Å². The molecule has 21 heavy (non-hydrogen) atoms. The standard InChI is InChI=1S/C18H28N2O/c1-3-20-16-7-8-17(20)11-15(10-16)19-12-18(21)14-6-4-5-13(2)9-14/h4-6,9,15-19,21H,3,7-8,10-12H2,1-2H3. The van der Waals surface area contributed by atoms with Gasteiger partial charge in [0.25, 0.3) is 0 Å². The van der Waals surface area contributed by atoms with Crippen molar-refractivity contribution in [3.05, 3.63) is 35.4 Å². The molecule has 2 fully saturated rings. The number of nitrogens with one attached hydrogen (secondary N) is 1. The van der Waals surface area contributed by atoms with Crippen LogP contribution in [-0.4, -0.2) is 41.2 Å². The van der Waals surface area contributed by atoms with E-state index in [-0.39, 0.29) is 0 Å². The first-order chi connectivity index (χ1) is 10.2.